The average Bonchev–Trinajstić information content (AvgIpc) is 2.05. The highest BCUT2D eigenvalue weighted by Crippen LogP contribution is 2.12. The Morgan fingerprint density at radius 1 is 1.70 bits per heavy atom. The van der Waals surface area contributed by atoms with Gasteiger partial charge in [0.05, 0.1) is 12.5 Å². The Kier molecular flexibility index (Phi) is 2.68. The Morgan fingerprint density at radius 3 is 3.00 bits per heavy atom. The predicted molar refractivity (Wildman–Crippen MR) is 37.6 cm³/mol. The first kappa shape index (κ1) is 7.54. The van der Waals surface area contributed by atoms with E-state index >= 15 is 0 Å². The van der Waals surface area contributed by atoms with E-state index in [0.717, 1.165) is 19.4 Å². The Bertz CT molecular complexity index is 119. The minimum atomic E-state index is 0.0961. The van der Waals surface area contributed by atoms with Gasteiger partial charge in [-0.15, -0.1) is 0 Å². The summed E-state index contributed by atoms with van der Waals surface area (Å²) in [6, 6.07) is 0. The molecule has 0 spiro atoms. The maximum atomic E-state index is 11.0. The lowest BCUT2D eigenvalue weighted by Gasteiger charge is -2.19. The third-order valence-corrected chi connectivity index (χ3v) is 1.78. The second-order valence-corrected chi connectivity index (χ2v) is 2.53. The van der Waals surface area contributed by atoms with E-state index in [1.807, 2.05) is 0 Å². The number of carbonyl (C=O) groups is 1. The molecule has 0 aromatic rings. The molecule has 58 valence electrons. The molecule has 1 aliphatic heterocycles. The van der Waals surface area contributed by atoms with Gasteiger partial charge in [-0.1, -0.05) is 0 Å². The van der Waals surface area contributed by atoms with Gasteiger partial charge >= 0.3 is 0 Å². The molecule has 0 radical (unpaired) electrons. The molecule has 0 unspecified atom stereocenters. The molecule has 1 fully saturated rings. The van der Waals surface area contributed by atoms with Gasteiger partial charge in [-0.05, 0) is 12.8 Å². The van der Waals surface area contributed by atoms with Crippen molar-refractivity contribution in [2.24, 2.45) is 5.92 Å². The van der Waals surface area contributed by atoms with Crippen LogP contribution in [0.25, 0.3) is 0 Å². The lowest BCUT2D eigenvalue weighted by molar-refractivity contribution is -0.128. The highest BCUT2D eigenvalue weighted by atomic mass is 16.5. The molecule has 1 N–H and O–H groups in total. The third kappa shape index (κ3) is 1.70. The topological polar surface area (TPSA) is 38.3 Å². The van der Waals surface area contributed by atoms with E-state index in [4.69, 9.17) is 4.74 Å². The minimum absolute atomic E-state index is 0.0961. The van der Waals surface area contributed by atoms with Crippen LogP contribution < -0.4 is 5.32 Å². The van der Waals surface area contributed by atoms with Crippen molar-refractivity contribution in [1.82, 2.24) is 5.32 Å². The van der Waals surface area contributed by atoms with Crippen LogP contribution in [-0.2, 0) is 9.53 Å². The fraction of sp³-hybridized carbons (Fsp3) is 0.857. The largest absolute Gasteiger partial charge is 0.381 e. The van der Waals surface area contributed by atoms with Crippen molar-refractivity contribution in [2.45, 2.75) is 12.8 Å². The molecule has 0 saturated carbocycles. The van der Waals surface area contributed by atoms with Crippen molar-refractivity contribution in [3.63, 3.8) is 0 Å². The summed E-state index contributed by atoms with van der Waals surface area (Å²) in [6.45, 7) is 1.41. The molecule has 0 bridgehead atoms. The van der Waals surface area contributed by atoms with Gasteiger partial charge in [-0.2, -0.15) is 0 Å². The van der Waals surface area contributed by atoms with E-state index in [1.165, 1.54) is 0 Å². The summed E-state index contributed by atoms with van der Waals surface area (Å²) in [6.07, 6.45) is 1.98. The monoisotopic (exact) mass is 143 g/mol. The smallest absolute Gasteiger partial charge is 0.225 e. The second-order valence-electron chi connectivity index (χ2n) is 2.53. The van der Waals surface area contributed by atoms with Gasteiger partial charge in [0.15, 0.2) is 0 Å². The van der Waals surface area contributed by atoms with Crippen LogP contribution in [0.2, 0.25) is 0 Å². The molecule has 3 nitrogen and oxygen atoms in total. The summed E-state index contributed by atoms with van der Waals surface area (Å²) in [5.74, 6) is 0.207. The van der Waals surface area contributed by atoms with Crippen molar-refractivity contribution in [1.29, 1.82) is 0 Å². The van der Waals surface area contributed by atoms with Gasteiger partial charge in [0, 0.05) is 13.7 Å². The highest BCUT2D eigenvalue weighted by Gasteiger charge is 2.19. The van der Waals surface area contributed by atoms with Gasteiger partial charge in [0.1, 0.15) is 0 Å². The van der Waals surface area contributed by atoms with Crippen molar-refractivity contribution in [3.8, 4) is 0 Å². The van der Waals surface area contributed by atoms with E-state index in [2.05, 4.69) is 5.32 Å². The molecular weight excluding hydrogens is 130 g/mol. The number of ether oxygens (including phenoxy) is 1. The third-order valence-electron chi connectivity index (χ3n) is 1.78. The van der Waals surface area contributed by atoms with Crippen molar-refractivity contribution in [3.05, 3.63) is 0 Å². The van der Waals surface area contributed by atoms with Crippen LogP contribution >= 0.6 is 0 Å². The zero-order chi connectivity index (χ0) is 7.40. The van der Waals surface area contributed by atoms with E-state index < -0.39 is 0 Å². The fourth-order valence-electron chi connectivity index (χ4n) is 1.15. The lowest BCUT2D eigenvalue weighted by Crippen LogP contribution is -2.33. The van der Waals surface area contributed by atoms with E-state index in [9.17, 15) is 4.79 Å². The fourth-order valence-corrected chi connectivity index (χ4v) is 1.15. The van der Waals surface area contributed by atoms with E-state index in [-0.39, 0.29) is 11.8 Å². The Morgan fingerprint density at radius 2 is 2.50 bits per heavy atom. The zero-order valence-corrected chi connectivity index (χ0v) is 6.22. The van der Waals surface area contributed by atoms with Gasteiger partial charge in [-0.25, -0.2) is 0 Å². The van der Waals surface area contributed by atoms with Crippen LogP contribution in [0.4, 0.5) is 0 Å². The van der Waals surface area contributed by atoms with E-state index in [0.29, 0.717) is 6.61 Å². The van der Waals surface area contributed by atoms with E-state index in [1.54, 1.807) is 7.05 Å². The molecule has 1 atom stereocenters. The first-order valence-corrected chi connectivity index (χ1v) is 3.64. The molecule has 1 rings (SSSR count). The molecule has 3 heteroatoms. The molecule has 1 heterocycles. The van der Waals surface area contributed by atoms with Gasteiger partial charge < -0.3 is 10.1 Å². The Labute approximate surface area is 60.7 Å². The van der Waals surface area contributed by atoms with Crippen LogP contribution in [0, 0.1) is 5.92 Å². The highest BCUT2D eigenvalue weighted by molar-refractivity contribution is 5.78. The van der Waals surface area contributed by atoms with Crippen LogP contribution in [0.3, 0.4) is 0 Å². The lowest BCUT2D eigenvalue weighted by atomic mass is 10.0. The van der Waals surface area contributed by atoms with Crippen molar-refractivity contribution < 1.29 is 9.53 Å². The van der Waals surface area contributed by atoms with Crippen LogP contribution in [-0.4, -0.2) is 26.2 Å². The van der Waals surface area contributed by atoms with Gasteiger partial charge in [0.2, 0.25) is 5.91 Å². The molecule has 0 aromatic carbocycles. The average molecular weight is 143 g/mol. The summed E-state index contributed by atoms with van der Waals surface area (Å²) in [4.78, 5) is 11.0. The predicted octanol–water partition coefficient (Wildman–Crippen LogP) is 0.159. The first-order valence-electron chi connectivity index (χ1n) is 3.64. The second kappa shape index (κ2) is 3.56. The maximum absolute atomic E-state index is 11.0. The molecule has 1 aliphatic rings. The van der Waals surface area contributed by atoms with Crippen LogP contribution in [0.5, 0.6) is 0 Å². The van der Waals surface area contributed by atoms with Crippen LogP contribution in [0.15, 0.2) is 0 Å². The van der Waals surface area contributed by atoms with Crippen molar-refractivity contribution >= 4 is 5.91 Å². The summed E-state index contributed by atoms with van der Waals surface area (Å²) in [5, 5.41) is 2.62. The Balaban J connectivity index is 2.31. The summed E-state index contributed by atoms with van der Waals surface area (Å²) < 4.78 is 5.14. The SMILES string of the molecule is CNC(=O)[C@H]1CCCOC1. The number of amides is 1. The number of nitrogens with one attached hydrogen (secondary N) is 1. The quantitative estimate of drug-likeness (QED) is 0.567. The minimum Gasteiger partial charge on any atom is -0.381 e. The van der Waals surface area contributed by atoms with Crippen molar-refractivity contribution in [2.75, 3.05) is 20.3 Å². The summed E-state index contributed by atoms with van der Waals surface area (Å²) in [7, 11) is 1.66. The van der Waals surface area contributed by atoms with Crippen LogP contribution in [0.1, 0.15) is 12.8 Å². The molecule has 0 aliphatic carbocycles. The number of hydrogen-bond donors (Lipinski definition) is 1. The van der Waals surface area contributed by atoms with Gasteiger partial charge in [0.25, 0.3) is 0 Å². The molecular formula is C7H13NO2. The molecule has 1 amide bonds. The zero-order valence-electron chi connectivity index (χ0n) is 6.22. The molecule has 10 heavy (non-hydrogen) atoms. The number of rotatable bonds is 1. The Hall–Kier alpha value is -0.570. The summed E-state index contributed by atoms with van der Waals surface area (Å²) >= 11 is 0. The normalized spacial score (nSPS) is 25.9. The standard InChI is InChI=1S/C7H13NO2/c1-8-7(9)6-3-2-4-10-5-6/h6H,2-5H2,1H3,(H,8,9)/t6-/m0/s1. The maximum Gasteiger partial charge on any atom is 0.225 e. The molecule has 1 saturated heterocycles. The number of carbonyl (C=O) groups excluding carboxylic acids is 1. The molecule has 0 aromatic heterocycles. The first-order chi connectivity index (χ1) is 4.84. The van der Waals surface area contributed by atoms with Gasteiger partial charge in [-0.3, -0.25) is 4.79 Å². The summed E-state index contributed by atoms with van der Waals surface area (Å²) in [5.41, 5.74) is 0. The number of hydrogen-bond acceptors (Lipinski definition) is 2.